The van der Waals surface area contributed by atoms with Gasteiger partial charge in [0, 0.05) is 36.6 Å². The Hall–Kier alpha value is -1.30. The zero-order valence-electron chi connectivity index (χ0n) is 16.1. The van der Waals surface area contributed by atoms with Crippen molar-refractivity contribution in [3.05, 3.63) is 0 Å². The molecule has 0 aromatic rings. The van der Waals surface area contributed by atoms with Crippen LogP contribution in [0.1, 0.15) is 66.2 Å². The van der Waals surface area contributed by atoms with Crippen molar-refractivity contribution in [1.29, 1.82) is 0 Å². The fourth-order valence-corrected chi connectivity index (χ4v) is 4.60. The van der Waals surface area contributed by atoms with Crippen LogP contribution < -0.4 is 5.73 Å². The van der Waals surface area contributed by atoms with Crippen molar-refractivity contribution in [2.75, 3.05) is 19.6 Å². The third kappa shape index (κ3) is 3.64. The van der Waals surface area contributed by atoms with Crippen LogP contribution in [0.4, 0.5) is 4.79 Å². The van der Waals surface area contributed by atoms with Gasteiger partial charge in [0.05, 0.1) is 0 Å². The van der Waals surface area contributed by atoms with Crippen LogP contribution in [-0.2, 0) is 9.53 Å². The van der Waals surface area contributed by atoms with Crippen LogP contribution in [0, 0.1) is 5.41 Å². The van der Waals surface area contributed by atoms with Gasteiger partial charge in [-0.15, -0.1) is 0 Å². The van der Waals surface area contributed by atoms with E-state index in [0.717, 1.165) is 38.5 Å². The molecule has 1 aliphatic heterocycles. The van der Waals surface area contributed by atoms with Crippen molar-refractivity contribution in [3.8, 4) is 0 Å². The first-order chi connectivity index (χ1) is 11.5. The second kappa shape index (κ2) is 6.15. The predicted octanol–water partition coefficient (Wildman–Crippen LogP) is 2.51. The molecule has 0 unspecified atom stereocenters. The lowest BCUT2D eigenvalue weighted by atomic mass is 9.57. The number of ether oxygens (including phenoxy) is 1. The first-order valence-corrected chi connectivity index (χ1v) is 9.62. The van der Waals surface area contributed by atoms with Gasteiger partial charge in [0.1, 0.15) is 5.60 Å². The summed E-state index contributed by atoms with van der Waals surface area (Å²) in [6.07, 6.45) is 5.37. The first-order valence-electron chi connectivity index (χ1n) is 9.62. The lowest BCUT2D eigenvalue weighted by Crippen LogP contribution is -2.61. The summed E-state index contributed by atoms with van der Waals surface area (Å²) in [5, 5.41) is 0. The minimum absolute atomic E-state index is 0.0231. The number of hydrogen-bond acceptors (Lipinski definition) is 4. The van der Waals surface area contributed by atoms with Crippen LogP contribution in [0.25, 0.3) is 0 Å². The molecule has 25 heavy (non-hydrogen) atoms. The molecular formula is C19H33N3O3. The lowest BCUT2D eigenvalue weighted by Gasteiger charge is -2.53. The van der Waals surface area contributed by atoms with Gasteiger partial charge in [0.15, 0.2) is 0 Å². The van der Waals surface area contributed by atoms with E-state index in [1.165, 1.54) is 0 Å². The molecule has 3 aliphatic carbocycles. The highest BCUT2D eigenvalue weighted by Crippen LogP contribution is 2.52. The number of nitrogens with two attached hydrogens (primary N) is 1. The molecule has 1 heterocycles. The largest absolute Gasteiger partial charge is 0.444 e. The maximum Gasteiger partial charge on any atom is 0.410 e. The molecule has 4 rings (SSSR count). The highest BCUT2D eigenvalue weighted by Gasteiger charge is 2.52. The number of carbonyl (C=O) groups excluding carboxylic acids is 2. The van der Waals surface area contributed by atoms with E-state index in [-0.39, 0.29) is 29.0 Å². The molecule has 4 fully saturated rings. The van der Waals surface area contributed by atoms with Crippen molar-refractivity contribution < 1.29 is 14.3 Å². The molecule has 6 heteroatoms. The molecule has 0 radical (unpaired) electrons. The van der Waals surface area contributed by atoms with Crippen molar-refractivity contribution in [1.82, 2.24) is 9.80 Å². The highest BCUT2D eigenvalue weighted by atomic mass is 16.6. The van der Waals surface area contributed by atoms with Crippen molar-refractivity contribution in [2.45, 2.75) is 83.4 Å². The smallest absolute Gasteiger partial charge is 0.410 e. The number of amides is 2. The van der Waals surface area contributed by atoms with Crippen LogP contribution in [-0.4, -0.2) is 58.6 Å². The zero-order chi connectivity index (χ0) is 18.5. The maximum atomic E-state index is 13.2. The van der Waals surface area contributed by atoms with E-state index >= 15 is 0 Å². The molecule has 142 valence electrons. The van der Waals surface area contributed by atoms with Crippen LogP contribution in [0.3, 0.4) is 0 Å². The Labute approximate surface area is 151 Å². The number of piperazine rings is 1. The van der Waals surface area contributed by atoms with E-state index in [4.69, 9.17) is 10.5 Å². The number of hydrogen-bond donors (Lipinski definition) is 1. The minimum Gasteiger partial charge on any atom is -0.444 e. The molecule has 0 aromatic carbocycles. The average molecular weight is 351 g/mol. The number of nitrogens with zero attached hydrogens (tertiary/aromatic N) is 2. The first kappa shape index (κ1) is 18.5. The van der Waals surface area contributed by atoms with Crippen molar-refractivity contribution in [2.24, 2.45) is 11.1 Å². The van der Waals surface area contributed by atoms with Crippen LogP contribution in [0.5, 0.6) is 0 Å². The highest BCUT2D eigenvalue weighted by molar-refractivity contribution is 5.83. The van der Waals surface area contributed by atoms with Gasteiger partial charge in [-0.2, -0.15) is 0 Å². The van der Waals surface area contributed by atoms with Gasteiger partial charge in [-0.25, -0.2) is 4.79 Å². The summed E-state index contributed by atoms with van der Waals surface area (Å²) >= 11 is 0. The molecule has 3 saturated carbocycles. The summed E-state index contributed by atoms with van der Waals surface area (Å²) < 4.78 is 5.49. The van der Waals surface area contributed by atoms with Crippen LogP contribution in [0.2, 0.25) is 0 Å². The zero-order valence-corrected chi connectivity index (χ0v) is 16.1. The third-order valence-electron chi connectivity index (χ3n) is 6.30. The van der Waals surface area contributed by atoms with Crippen molar-refractivity contribution >= 4 is 12.0 Å². The second-order valence-corrected chi connectivity index (χ2v) is 9.42. The monoisotopic (exact) mass is 351 g/mol. The predicted molar refractivity (Wildman–Crippen MR) is 96.0 cm³/mol. The fraction of sp³-hybridized carbons (Fsp3) is 0.895. The van der Waals surface area contributed by atoms with E-state index in [0.29, 0.717) is 19.6 Å². The summed E-state index contributed by atoms with van der Waals surface area (Å²) in [6, 6.07) is -0.0234. The molecule has 0 spiro atoms. The van der Waals surface area contributed by atoms with Gasteiger partial charge in [0.25, 0.3) is 0 Å². The summed E-state index contributed by atoms with van der Waals surface area (Å²) in [5.74, 6) is 0.282. The Morgan fingerprint density at radius 1 is 1.04 bits per heavy atom. The SMILES string of the molecule is C[C@H]1CN(C(=O)C23CCC(N)(CC2)CC3)CCN1C(=O)OC(C)(C)C. The summed E-state index contributed by atoms with van der Waals surface area (Å²) in [5.41, 5.74) is 5.65. The van der Waals surface area contributed by atoms with Crippen molar-refractivity contribution in [3.63, 3.8) is 0 Å². The Balaban J connectivity index is 1.61. The Bertz CT molecular complexity index is 530. The molecule has 4 aliphatic rings. The molecule has 2 N–H and O–H groups in total. The molecule has 2 bridgehead atoms. The topological polar surface area (TPSA) is 75.9 Å². The quantitative estimate of drug-likeness (QED) is 0.787. The molecule has 1 saturated heterocycles. The molecule has 0 aromatic heterocycles. The standard InChI is InChI=1S/C19H33N3O3/c1-14-13-21(11-12-22(14)16(24)25-17(2,3)4)15(23)18-5-8-19(20,9-6-18)10-7-18/h14H,5-13,20H2,1-4H3/t14-,18?,19?/m0/s1. The number of rotatable bonds is 1. The molecule has 1 atom stereocenters. The van der Waals surface area contributed by atoms with Gasteiger partial charge < -0.3 is 20.3 Å². The summed E-state index contributed by atoms with van der Waals surface area (Å²) in [4.78, 5) is 29.3. The van der Waals surface area contributed by atoms with E-state index in [2.05, 4.69) is 0 Å². The van der Waals surface area contributed by atoms with Crippen LogP contribution >= 0.6 is 0 Å². The van der Waals surface area contributed by atoms with E-state index < -0.39 is 5.60 Å². The Kier molecular flexibility index (Phi) is 4.55. The van der Waals surface area contributed by atoms with E-state index in [1.54, 1.807) is 4.90 Å². The number of carbonyl (C=O) groups is 2. The van der Waals surface area contributed by atoms with Gasteiger partial charge in [-0.3, -0.25) is 4.79 Å². The Morgan fingerprint density at radius 2 is 1.60 bits per heavy atom. The van der Waals surface area contributed by atoms with Gasteiger partial charge in [0.2, 0.25) is 5.91 Å². The molecule has 2 amide bonds. The van der Waals surface area contributed by atoms with E-state index in [1.807, 2.05) is 32.6 Å². The molecular weight excluding hydrogens is 318 g/mol. The van der Waals surface area contributed by atoms with Gasteiger partial charge in [-0.1, -0.05) is 0 Å². The number of fused-ring (bicyclic) bond motifs is 3. The maximum absolute atomic E-state index is 13.2. The second-order valence-electron chi connectivity index (χ2n) is 9.42. The van der Waals surface area contributed by atoms with Crippen LogP contribution in [0.15, 0.2) is 0 Å². The normalized spacial score (nSPS) is 35.6. The Morgan fingerprint density at radius 3 is 2.08 bits per heavy atom. The summed E-state index contributed by atoms with van der Waals surface area (Å²) in [7, 11) is 0. The lowest BCUT2D eigenvalue weighted by molar-refractivity contribution is -0.152. The summed E-state index contributed by atoms with van der Waals surface area (Å²) in [6.45, 7) is 9.34. The van der Waals surface area contributed by atoms with Gasteiger partial charge >= 0.3 is 6.09 Å². The van der Waals surface area contributed by atoms with Gasteiger partial charge in [-0.05, 0) is 66.2 Å². The van der Waals surface area contributed by atoms with E-state index in [9.17, 15) is 9.59 Å². The fourth-order valence-electron chi connectivity index (χ4n) is 4.60. The third-order valence-corrected chi connectivity index (χ3v) is 6.30. The minimum atomic E-state index is -0.498. The molecule has 6 nitrogen and oxygen atoms in total. The average Bonchev–Trinajstić information content (AvgIpc) is 2.53.